The molecule has 0 radical (unpaired) electrons. The van der Waals surface area contributed by atoms with Crippen LogP contribution in [0.25, 0.3) is 0 Å². The number of carbonyl (C=O) groups excluding carboxylic acids is 3. The molecular formula is C28H25ClF4N4O7S. The zero-order valence-electron chi connectivity index (χ0n) is 24.0. The average Bonchev–Trinajstić information content (AvgIpc) is 3.11. The van der Waals surface area contributed by atoms with Crippen LogP contribution in [0.5, 0.6) is 11.5 Å². The van der Waals surface area contributed by atoms with Crippen molar-refractivity contribution in [3.8, 4) is 11.5 Å². The molecule has 3 aromatic rings. The van der Waals surface area contributed by atoms with Crippen molar-refractivity contribution in [2.45, 2.75) is 37.0 Å². The Bertz CT molecular complexity index is 1780. The van der Waals surface area contributed by atoms with Crippen LogP contribution in [-0.2, 0) is 26.6 Å². The van der Waals surface area contributed by atoms with Crippen molar-refractivity contribution in [1.82, 2.24) is 4.90 Å². The highest BCUT2D eigenvalue weighted by Gasteiger charge is 2.52. The minimum atomic E-state index is -5.08. The Morgan fingerprint density at radius 2 is 1.56 bits per heavy atom. The number of imide groups is 1. The number of rotatable bonds is 8. The molecule has 240 valence electrons. The topological polar surface area (TPSA) is 134 Å². The zero-order valence-corrected chi connectivity index (χ0v) is 25.5. The van der Waals surface area contributed by atoms with Gasteiger partial charge in [-0.2, -0.15) is 13.2 Å². The number of amides is 5. The molecule has 1 saturated heterocycles. The lowest BCUT2D eigenvalue weighted by Gasteiger charge is -2.29. The number of nitrogens with one attached hydrogen (secondary N) is 2. The number of nitrogens with zero attached hydrogens (tertiary/aromatic N) is 2. The van der Waals surface area contributed by atoms with Crippen LogP contribution in [0.4, 0.5) is 44.2 Å². The number of ether oxygens (including phenoxy) is 2. The number of halogens is 5. The molecule has 45 heavy (non-hydrogen) atoms. The zero-order chi connectivity index (χ0) is 33.5. The van der Waals surface area contributed by atoms with E-state index in [-0.39, 0.29) is 39.9 Å². The van der Waals surface area contributed by atoms with Gasteiger partial charge in [0.1, 0.15) is 11.4 Å². The van der Waals surface area contributed by atoms with Gasteiger partial charge in [-0.1, -0.05) is 0 Å². The van der Waals surface area contributed by atoms with Gasteiger partial charge < -0.3 is 25.0 Å². The van der Waals surface area contributed by atoms with Gasteiger partial charge in [0.2, 0.25) is 0 Å². The monoisotopic (exact) mass is 672 g/mol. The third-order valence-electron chi connectivity index (χ3n) is 6.92. The molecule has 1 aliphatic heterocycles. The van der Waals surface area contributed by atoms with Crippen LogP contribution in [0.1, 0.15) is 25.0 Å². The van der Waals surface area contributed by atoms with Crippen LogP contribution in [-0.4, -0.2) is 51.0 Å². The van der Waals surface area contributed by atoms with Gasteiger partial charge in [-0.05, 0) is 67.9 Å². The fourth-order valence-electron chi connectivity index (χ4n) is 4.52. The maximum absolute atomic E-state index is 13.9. The predicted molar refractivity (Wildman–Crippen MR) is 156 cm³/mol. The molecule has 0 bridgehead atoms. The number of benzene rings is 3. The van der Waals surface area contributed by atoms with Gasteiger partial charge in [0.25, 0.3) is 15.0 Å². The second-order valence-electron chi connectivity index (χ2n) is 10.1. The molecule has 0 aliphatic carbocycles. The van der Waals surface area contributed by atoms with E-state index in [2.05, 4.69) is 10.6 Å². The van der Waals surface area contributed by atoms with Crippen LogP contribution < -0.4 is 25.0 Å². The van der Waals surface area contributed by atoms with Crippen molar-refractivity contribution in [3.63, 3.8) is 0 Å². The molecule has 17 heteroatoms. The summed E-state index contributed by atoms with van der Waals surface area (Å²) in [6.07, 6.45) is -5.08. The first-order valence-corrected chi connectivity index (χ1v) is 15.1. The molecule has 2 N–H and O–H groups in total. The molecule has 0 aromatic heterocycles. The highest BCUT2D eigenvalue weighted by atomic mass is 35.7. The first-order chi connectivity index (χ1) is 20.9. The highest BCUT2D eigenvalue weighted by molar-refractivity contribution is 8.13. The largest absolute Gasteiger partial charge is 0.493 e. The van der Waals surface area contributed by atoms with Crippen LogP contribution in [0.2, 0.25) is 0 Å². The molecular weight excluding hydrogens is 648 g/mol. The van der Waals surface area contributed by atoms with E-state index in [1.165, 1.54) is 64.5 Å². The molecule has 1 fully saturated rings. The molecule has 1 aliphatic rings. The summed E-state index contributed by atoms with van der Waals surface area (Å²) < 4.78 is 87.7. The van der Waals surface area contributed by atoms with Gasteiger partial charge in [0.15, 0.2) is 11.5 Å². The normalized spacial score (nSPS) is 14.9. The Hall–Kier alpha value is -4.57. The molecule has 11 nitrogen and oxygen atoms in total. The Morgan fingerprint density at radius 1 is 0.956 bits per heavy atom. The van der Waals surface area contributed by atoms with Crippen LogP contribution >= 0.6 is 10.7 Å². The van der Waals surface area contributed by atoms with E-state index >= 15 is 0 Å². The Kier molecular flexibility index (Phi) is 8.95. The maximum Gasteiger partial charge on any atom is 0.419 e. The van der Waals surface area contributed by atoms with Gasteiger partial charge in [-0.3, -0.25) is 4.79 Å². The third kappa shape index (κ3) is 6.76. The number of methoxy groups -OCH3 is 2. The van der Waals surface area contributed by atoms with Gasteiger partial charge in [-0.15, -0.1) is 0 Å². The molecule has 4 rings (SSSR count). The minimum absolute atomic E-state index is 0.0979. The minimum Gasteiger partial charge on any atom is -0.493 e. The summed E-state index contributed by atoms with van der Waals surface area (Å²) in [5.74, 6) is -2.07. The lowest BCUT2D eigenvalue weighted by atomic mass is 10.0. The average molecular weight is 673 g/mol. The van der Waals surface area contributed by atoms with E-state index in [0.29, 0.717) is 17.0 Å². The van der Waals surface area contributed by atoms with E-state index in [1.807, 2.05) is 0 Å². The first kappa shape index (κ1) is 33.3. The van der Waals surface area contributed by atoms with Crippen molar-refractivity contribution >= 4 is 54.8 Å². The Balaban J connectivity index is 1.67. The number of hydrogen-bond acceptors (Lipinski definition) is 7. The van der Waals surface area contributed by atoms with Gasteiger partial charge >= 0.3 is 18.2 Å². The summed E-state index contributed by atoms with van der Waals surface area (Å²) in [4.78, 5) is 41.3. The van der Waals surface area contributed by atoms with Gasteiger partial charge in [0, 0.05) is 22.4 Å². The number of alkyl halides is 3. The summed E-state index contributed by atoms with van der Waals surface area (Å²) >= 11 is 0. The second kappa shape index (κ2) is 12.1. The summed E-state index contributed by atoms with van der Waals surface area (Å²) in [6.45, 7) is 2.42. The van der Waals surface area contributed by atoms with E-state index in [1.54, 1.807) is 0 Å². The summed E-state index contributed by atoms with van der Waals surface area (Å²) in [6, 6.07) is 7.80. The van der Waals surface area contributed by atoms with E-state index in [0.717, 1.165) is 11.0 Å². The SMILES string of the molecule is COc1cc(CN2C(=O)N(c3ccc(F)c(C(F)(F)F)c3)C(=O)C2(C)C)c(NC(=O)Nc2ccc(S(=O)(=O)Cl)cc2)cc1OC. The van der Waals surface area contributed by atoms with Crippen LogP contribution in [0.3, 0.4) is 0 Å². The Labute approximate surface area is 259 Å². The summed E-state index contributed by atoms with van der Waals surface area (Å²) in [5, 5.41) is 5.11. The third-order valence-corrected chi connectivity index (χ3v) is 8.29. The fraction of sp³-hybridized carbons (Fsp3) is 0.250. The molecule has 1 heterocycles. The van der Waals surface area contributed by atoms with Crippen molar-refractivity contribution in [1.29, 1.82) is 0 Å². The first-order valence-electron chi connectivity index (χ1n) is 12.8. The second-order valence-corrected chi connectivity index (χ2v) is 12.7. The number of carbonyl (C=O) groups is 3. The molecule has 5 amide bonds. The standard InChI is InChI=1S/C28H25ClF4N4O7S/c1-27(2)24(38)37(17-7-10-20(30)19(12-17)28(31,32)33)26(40)36(27)14-15-11-22(43-3)23(44-4)13-21(15)35-25(39)34-16-5-8-18(9-6-16)45(29,41)42/h5-13H,14H2,1-4H3,(H2,34,35,39). The van der Waals surface area contributed by atoms with Crippen molar-refractivity contribution in [2.24, 2.45) is 0 Å². The van der Waals surface area contributed by atoms with Crippen LogP contribution in [0, 0.1) is 5.82 Å². The fourth-order valence-corrected chi connectivity index (χ4v) is 5.29. The summed E-state index contributed by atoms with van der Waals surface area (Å²) in [7, 11) is 4.02. The molecule has 3 aromatic carbocycles. The molecule has 0 spiro atoms. The van der Waals surface area contributed by atoms with Crippen molar-refractivity contribution in [2.75, 3.05) is 29.8 Å². The van der Waals surface area contributed by atoms with E-state index in [9.17, 15) is 40.4 Å². The van der Waals surface area contributed by atoms with E-state index in [4.69, 9.17) is 20.2 Å². The Morgan fingerprint density at radius 3 is 2.11 bits per heavy atom. The smallest absolute Gasteiger partial charge is 0.419 e. The molecule has 0 unspecified atom stereocenters. The lowest BCUT2D eigenvalue weighted by molar-refractivity contribution is -0.140. The van der Waals surface area contributed by atoms with Crippen molar-refractivity contribution < 1.29 is 49.8 Å². The number of anilines is 3. The predicted octanol–water partition coefficient (Wildman–Crippen LogP) is 6.18. The lowest BCUT2D eigenvalue weighted by Crippen LogP contribution is -2.43. The van der Waals surface area contributed by atoms with Gasteiger partial charge in [0.05, 0.1) is 42.6 Å². The molecule has 0 atom stereocenters. The number of hydrogen-bond donors (Lipinski definition) is 2. The van der Waals surface area contributed by atoms with Gasteiger partial charge in [-0.25, -0.2) is 27.3 Å². The molecule has 0 saturated carbocycles. The highest BCUT2D eigenvalue weighted by Crippen LogP contribution is 2.40. The van der Waals surface area contributed by atoms with Crippen LogP contribution in [0.15, 0.2) is 59.5 Å². The summed E-state index contributed by atoms with van der Waals surface area (Å²) in [5.41, 5.74) is -3.19. The maximum atomic E-state index is 13.9. The number of urea groups is 2. The quantitative estimate of drug-likeness (QED) is 0.166. The van der Waals surface area contributed by atoms with Crippen molar-refractivity contribution in [3.05, 3.63) is 71.5 Å². The van der Waals surface area contributed by atoms with E-state index < -0.39 is 55.8 Å².